The number of aliphatic hydroxyl groups is 1. The number of carbonyl (C=O) groups excluding carboxylic acids is 1. The van der Waals surface area contributed by atoms with Gasteiger partial charge in [0, 0.05) is 26.6 Å². The molecule has 0 aromatic heterocycles. The van der Waals surface area contributed by atoms with Crippen molar-refractivity contribution < 1.29 is 24.1 Å². The average Bonchev–Trinajstić information content (AvgIpc) is 3.21. The summed E-state index contributed by atoms with van der Waals surface area (Å²) < 4.78 is 18.5. The van der Waals surface area contributed by atoms with Gasteiger partial charge in [-0.05, 0) is 16.7 Å². The maximum atomic E-state index is 13.3. The Labute approximate surface area is 213 Å². The fourth-order valence-electron chi connectivity index (χ4n) is 5.20. The first-order valence-electron chi connectivity index (χ1n) is 12.3. The fraction of sp³-hybridized carbons (Fsp3) is 0.367. The van der Waals surface area contributed by atoms with Crippen LogP contribution in [0.2, 0.25) is 0 Å². The lowest BCUT2D eigenvalue weighted by Crippen LogP contribution is -2.55. The summed E-state index contributed by atoms with van der Waals surface area (Å²) in [6.45, 7) is 3.63. The van der Waals surface area contributed by atoms with Gasteiger partial charge in [-0.15, -0.1) is 0 Å². The van der Waals surface area contributed by atoms with Crippen molar-refractivity contribution >= 4 is 5.78 Å². The zero-order valence-electron chi connectivity index (χ0n) is 21.3. The molecule has 0 amide bonds. The van der Waals surface area contributed by atoms with E-state index in [9.17, 15) is 9.90 Å². The molecule has 2 atom stereocenters. The van der Waals surface area contributed by atoms with Crippen molar-refractivity contribution in [2.75, 3.05) is 21.0 Å². The van der Waals surface area contributed by atoms with Crippen LogP contribution < -0.4 is 0 Å². The molecule has 1 heterocycles. The van der Waals surface area contributed by atoms with Crippen molar-refractivity contribution in [2.45, 2.75) is 43.9 Å². The Morgan fingerprint density at radius 1 is 0.889 bits per heavy atom. The highest BCUT2D eigenvalue weighted by Crippen LogP contribution is 2.43. The Bertz CT molecular complexity index is 1020. The summed E-state index contributed by atoms with van der Waals surface area (Å²) >= 11 is 0. The monoisotopic (exact) mass is 489 g/mol. The van der Waals surface area contributed by atoms with Gasteiger partial charge in [-0.3, -0.25) is 4.79 Å². The predicted molar refractivity (Wildman–Crippen MR) is 138 cm³/mol. The van der Waals surface area contributed by atoms with Gasteiger partial charge in [-0.2, -0.15) is 0 Å². The fourth-order valence-corrected chi connectivity index (χ4v) is 5.20. The largest absolute Gasteiger partial charge is 0.391 e. The molecule has 6 nitrogen and oxygen atoms in total. The van der Waals surface area contributed by atoms with E-state index in [0.717, 1.165) is 16.7 Å². The van der Waals surface area contributed by atoms with Crippen molar-refractivity contribution in [3.05, 3.63) is 108 Å². The molecule has 1 aliphatic rings. The van der Waals surface area contributed by atoms with Crippen LogP contribution in [-0.4, -0.2) is 54.8 Å². The second-order valence-electron chi connectivity index (χ2n) is 9.42. The Balaban J connectivity index is 1.86. The lowest BCUT2D eigenvalue weighted by molar-refractivity contribution is -0.303. The number of methoxy groups -OCH3 is 2. The second-order valence-corrected chi connectivity index (χ2v) is 9.42. The molecule has 1 N–H and O–H groups in total. The number of ether oxygens (including phenoxy) is 3. The summed E-state index contributed by atoms with van der Waals surface area (Å²) in [6.07, 6.45) is -0.829. The second kappa shape index (κ2) is 11.0. The number of benzene rings is 3. The molecule has 0 aliphatic carbocycles. The van der Waals surface area contributed by atoms with Gasteiger partial charge in [0.2, 0.25) is 5.91 Å². The van der Waals surface area contributed by atoms with E-state index in [2.05, 4.69) is 0 Å². The van der Waals surface area contributed by atoms with Gasteiger partial charge in [0.1, 0.15) is 18.4 Å². The summed E-state index contributed by atoms with van der Waals surface area (Å²) in [5, 5.41) is 11.0. The van der Waals surface area contributed by atoms with Gasteiger partial charge in [-0.1, -0.05) is 105 Å². The topological polar surface area (TPSA) is 68.2 Å². The Hall–Kier alpha value is -2.87. The number of hydrogen-bond donors (Lipinski definition) is 1. The molecule has 3 aromatic carbocycles. The van der Waals surface area contributed by atoms with E-state index in [0.29, 0.717) is 0 Å². The number of carbonyl (C=O) groups is 1. The number of likely N-dealkylation sites (tertiary alicyclic amines) is 1. The van der Waals surface area contributed by atoms with Gasteiger partial charge in [0.25, 0.3) is 0 Å². The number of ketones is 1. The van der Waals surface area contributed by atoms with Crippen LogP contribution in [0.1, 0.15) is 37.0 Å². The molecule has 3 aromatic rings. The number of nitrogens with zero attached hydrogens (tertiary/aromatic N) is 1. The van der Waals surface area contributed by atoms with Gasteiger partial charge in [0.15, 0.2) is 5.78 Å². The van der Waals surface area contributed by atoms with Crippen LogP contribution in [-0.2, 0) is 24.6 Å². The summed E-state index contributed by atoms with van der Waals surface area (Å²) in [4.78, 5) is 15.0. The van der Waals surface area contributed by atoms with E-state index >= 15 is 0 Å². The zero-order valence-corrected chi connectivity index (χ0v) is 21.3. The first kappa shape index (κ1) is 26.2. The van der Waals surface area contributed by atoms with E-state index in [1.165, 1.54) is 14.2 Å². The molecule has 1 aliphatic heterocycles. The number of rotatable bonds is 10. The SMILES string of the molecule is COC1(OC)CC(O)C(C(=O)C(C)C)N1COC(c1ccccc1)(c1ccccc1)c1ccccc1. The molecule has 0 saturated carbocycles. The molecule has 0 radical (unpaired) electrons. The van der Waals surface area contributed by atoms with Crippen molar-refractivity contribution in [3.8, 4) is 0 Å². The molecule has 4 rings (SSSR count). The molecule has 36 heavy (non-hydrogen) atoms. The van der Waals surface area contributed by atoms with E-state index in [1.807, 2.05) is 105 Å². The quantitative estimate of drug-likeness (QED) is 0.333. The standard InChI is InChI=1S/C30H35NO5/c1-22(2)28(33)27-26(32)20-29(34-3,35-4)31(27)21-36-30(23-14-8-5-9-15-23,24-16-10-6-11-17-24)25-18-12-7-13-19-25/h5-19,22,26-27,32H,20-21H2,1-4H3. The van der Waals surface area contributed by atoms with Gasteiger partial charge in [-0.25, -0.2) is 4.90 Å². The van der Waals surface area contributed by atoms with Crippen molar-refractivity contribution in [1.29, 1.82) is 0 Å². The molecule has 2 unspecified atom stereocenters. The molecule has 6 heteroatoms. The van der Waals surface area contributed by atoms with E-state index in [4.69, 9.17) is 14.2 Å². The Kier molecular flexibility index (Phi) is 8.03. The third-order valence-electron chi connectivity index (χ3n) is 7.06. The van der Waals surface area contributed by atoms with Crippen molar-refractivity contribution in [2.24, 2.45) is 5.92 Å². The minimum absolute atomic E-state index is 0.0272. The molecule has 190 valence electrons. The normalized spacial score (nSPS) is 20.1. The highest BCUT2D eigenvalue weighted by molar-refractivity contribution is 5.86. The lowest BCUT2D eigenvalue weighted by atomic mass is 9.80. The lowest BCUT2D eigenvalue weighted by Gasteiger charge is -2.42. The smallest absolute Gasteiger partial charge is 0.234 e. The van der Waals surface area contributed by atoms with Crippen LogP contribution in [0.4, 0.5) is 0 Å². The molecule has 0 bridgehead atoms. The van der Waals surface area contributed by atoms with Crippen LogP contribution in [0, 0.1) is 5.92 Å². The molecule has 1 saturated heterocycles. The maximum absolute atomic E-state index is 13.3. The van der Waals surface area contributed by atoms with Crippen molar-refractivity contribution in [3.63, 3.8) is 0 Å². The maximum Gasteiger partial charge on any atom is 0.234 e. The van der Waals surface area contributed by atoms with Crippen LogP contribution in [0.25, 0.3) is 0 Å². The zero-order chi connectivity index (χ0) is 25.8. The number of hydrogen-bond acceptors (Lipinski definition) is 6. The predicted octanol–water partition coefficient (Wildman–Crippen LogP) is 4.56. The Morgan fingerprint density at radius 2 is 1.31 bits per heavy atom. The minimum Gasteiger partial charge on any atom is -0.391 e. The first-order valence-corrected chi connectivity index (χ1v) is 12.3. The number of aliphatic hydroxyl groups excluding tert-OH is 1. The molecular formula is C30H35NO5. The average molecular weight is 490 g/mol. The van der Waals surface area contributed by atoms with Crippen molar-refractivity contribution in [1.82, 2.24) is 4.90 Å². The van der Waals surface area contributed by atoms with Gasteiger partial charge < -0.3 is 19.3 Å². The van der Waals surface area contributed by atoms with E-state index < -0.39 is 23.7 Å². The van der Waals surface area contributed by atoms with Crippen LogP contribution >= 0.6 is 0 Å². The third kappa shape index (κ3) is 4.63. The molecular weight excluding hydrogens is 454 g/mol. The first-order chi connectivity index (χ1) is 17.4. The van der Waals surface area contributed by atoms with E-state index in [1.54, 1.807) is 4.90 Å². The third-order valence-corrected chi connectivity index (χ3v) is 7.06. The summed E-state index contributed by atoms with van der Waals surface area (Å²) in [5.41, 5.74) is 1.83. The summed E-state index contributed by atoms with van der Waals surface area (Å²) in [7, 11) is 3.04. The summed E-state index contributed by atoms with van der Waals surface area (Å²) in [5.74, 6) is -1.67. The summed E-state index contributed by atoms with van der Waals surface area (Å²) in [6, 6.07) is 29.2. The van der Waals surface area contributed by atoms with Gasteiger partial charge >= 0.3 is 0 Å². The van der Waals surface area contributed by atoms with Crippen LogP contribution in [0.3, 0.4) is 0 Å². The molecule has 1 fully saturated rings. The minimum atomic E-state index is -1.30. The number of Topliss-reactive ketones (excluding diaryl/α,β-unsaturated/α-hetero) is 1. The van der Waals surface area contributed by atoms with E-state index in [-0.39, 0.29) is 24.9 Å². The highest BCUT2D eigenvalue weighted by atomic mass is 16.7. The molecule has 0 spiro atoms. The van der Waals surface area contributed by atoms with Gasteiger partial charge in [0.05, 0.1) is 6.10 Å². The van der Waals surface area contributed by atoms with Crippen LogP contribution in [0.5, 0.6) is 0 Å². The van der Waals surface area contributed by atoms with Crippen LogP contribution in [0.15, 0.2) is 91.0 Å². The Morgan fingerprint density at radius 3 is 1.67 bits per heavy atom. The highest BCUT2D eigenvalue weighted by Gasteiger charge is 2.56.